The zero-order valence-electron chi connectivity index (χ0n) is 12.2. The van der Waals surface area contributed by atoms with Gasteiger partial charge < -0.3 is 15.5 Å². The van der Waals surface area contributed by atoms with Crippen LogP contribution in [0.1, 0.15) is 5.56 Å². The second-order valence-corrected chi connectivity index (χ2v) is 5.50. The Labute approximate surface area is 116 Å². The Morgan fingerprint density at radius 3 is 2.21 bits per heavy atom. The molecule has 1 fully saturated rings. The van der Waals surface area contributed by atoms with Gasteiger partial charge in [0.15, 0.2) is 0 Å². The van der Waals surface area contributed by atoms with Crippen molar-refractivity contribution in [1.29, 1.82) is 0 Å². The molecule has 4 nitrogen and oxygen atoms in total. The van der Waals surface area contributed by atoms with E-state index in [2.05, 4.69) is 53.1 Å². The van der Waals surface area contributed by atoms with Crippen LogP contribution < -0.4 is 10.6 Å². The smallest absolute Gasteiger partial charge is 0.0367 e. The molecule has 0 unspecified atom stereocenters. The average Bonchev–Trinajstić information content (AvgIpc) is 2.46. The molecule has 0 amide bonds. The molecule has 0 aliphatic carbocycles. The van der Waals surface area contributed by atoms with Crippen LogP contribution in [0.2, 0.25) is 0 Å². The summed E-state index contributed by atoms with van der Waals surface area (Å²) in [4.78, 5) is 7.26. The highest BCUT2D eigenvalue weighted by Gasteiger charge is 2.16. The number of benzene rings is 1. The molecule has 1 saturated heterocycles. The highest BCUT2D eigenvalue weighted by atomic mass is 15.3. The van der Waals surface area contributed by atoms with Crippen LogP contribution in [0.5, 0.6) is 0 Å². The molecule has 0 bridgehead atoms. The SMILES string of the molecule is CN(C)CCN1CCN(c2ccc(CN)cc2)CC1. The zero-order valence-corrected chi connectivity index (χ0v) is 12.2. The van der Waals surface area contributed by atoms with E-state index in [1.165, 1.54) is 17.8 Å². The van der Waals surface area contributed by atoms with E-state index < -0.39 is 0 Å². The third kappa shape index (κ3) is 4.20. The minimum atomic E-state index is 0.624. The van der Waals surface area contributed by atoms with Crippen LogP contribution in [0.4, 0.5) is 5.69 Å². The molecule has 2 N–H and O–H groups in total. The molecule has 19 heavy (non-hydrogen) atoms. The Kier molecular flexibility index (Phi) is 5.19. The van der Waals surface area contributed by atoms with Crippen molar-refractivity contribution in [2.24, 2.45) is 5.73 Å². The third-order valence-corrected chi connectivity index (χ3v) is 3.77. The summed E-state index contributed by atoms with van der Waals surface area (Å²) in [6.07, 6.45) is 0. The van der Waals surface area contributed by atoms with Crippen LogP contribution >= 0.6 is 0 Å². The minimum Gasteiger partial charge on any atom is -0.369 e. The van der Waals surface area contributed by atoms with E-state index in [1.807, 2.05) is 0 Å². The molecule has 0 saturated carbocycles. The van der Waals surface area contributed by atoms with Crippen LogP contribution in [0.25, 0.3) is 0 Å². The minimum absolute atomic E-state index is 0.624. The van der Waals surface area contributed by atoms with Gasteiger partial charge in [-0.05, 0) is 31.8 Å². The van der Waals surface area contributed by atoms with Crippen LogP contribution in [0, 0.1) is 0 Å². The highest BCUT2D eigenvalue weighted by molar-refractivity contribution is 5.48. The second-order valence-electron chi connectivity index (χ2n) is 5.50. The van der Waals surface area contributed by atoms with Crippen molar-refractivity contribution in [3.8, 4) is 0 Å². The van der Waals surface area contributed by atoms with Gasteiger partial charge in [-0.2, -0.15) is 0 Å². The molecule has 0 atom stereocenters. The Morgan fingerprint density at radius 2 is 1.68 bits per heavy atom. The largest absolute Gasteiger partial charge is 0.369 e. The molecule has 2 rings (SSSR count). The standard InChI is InChI=1S/C15H26N4/c1-17(2)7-8-18-9-11-19(12-10-18)15-5-3-14(13-16)4-6-15/h3-6H,7-13,16H2,1-2H3. The first-order chi connectivity index (χ1) is 9.19. The van der Waals surface area contributed by atoms with E-state index in [0.29, 0.717) is 6.54 Å². The fraction of sp³-hybridized carbons (Fsp3) is 0.600. The molecule has 1 aromatic rings. The van der Waals surface area contributed by atoms with Crippen LogP contribution in [0.15, 0.2) is 24.3 Å². The summed E-state index contributed by atoms with van der Waals surface area (Å²) in [5.74, 6) is 0. The van der Waals surface area contributed by atoms with Crippen LogP contribution in [-0.4, -0.2) is 63.2 Å². The van der Waals surface area contributed by atoms with Gasteiger partial charge in [-0.1, -0.05) is 12.1 Å². The van der Waals surface area contributed by atoms with E-state index in [4.69, 9.17) is 5.73 Å². The van der Waals surface area contributed by atoms with E-state index >= 15 is 0 Å². The molecule has 1 aromatic carbocycles. The summed E-state index contributed by atoms with van der Waals surface area (Å²) in [6, 6.07) is 8.65. The van der Waals surface area contributed by atoms with E-state index in [-0.39, 0.29) is 0 Å². The Hall–Kier alpha value is -1.10. The van der Waals surface area contributed by atoms with E-state index in [1.54, 1.807) is 0 Å². The van der Waals surface area contributed by atoms with Crippen molar-refractivity contribution in [3.63, 3.8) is 0 Å². The molecule has 0 radical (unpaired) electrons. The van der Waals surface area contributed by atoms with Gasteiger partial charge in [0.05, 0.1) is 0 Å². The number of nitrogens with two attached hydrogens (primary N) is 1. The summed E-state index contributed by atoms with van der Waals surface area (Å²) in [6.45, 7) is 7.50. The van der Waals surface area contributed by atoms with E-state index in [9.17, 15) is 0 Å². The summed E-state index contributed by atoms with van der Waals surface area (Å²) < 4.78 is 0. The lowest BCUT2D eigenvalue weighted by Crippen LogP contribution is -2.48. The average molecular weight is 262 g/mol. The molecule has 106 valence electrons. The van der Waals surface area contributed by atoms with Gasteiger partial charge in [0.25, 0.3) is 0 Å². The number of piperazine rings is 1. The van der Waals surface area contributed by atoms with Crippen molar-refractivity contribution < 1.29 is 0 Å². The monoisotopic (exact) mass is 262 g/mol. The van der Waals surface area contributed by atoms with Crippen molar-refractivity contribution in [2.45, 2.75) is 6.54 Å². The molecular formula is C15H26N4. The maximum absolute atomic E-state index is 5.63. The molecule has 4 heteroatoms. The van der Waals surface area contributed by atoms with Crippen molar-refractivity contribution in [1.82, 2.24) is 9.80 Å². The Bertz CT molecular complexity index is 366. The van der Waals surface area contributed by atoms with Gasteiger partial charge in [0.2, 0.25) is 0 Å². The quantitative estimate of drug-likeness (QED) is 0.852. The number of rotatable bonds is 5. The van der Waals surface area contributed by atoms with Crippen molar-refractivity contribution >= 4 is 5.69 Å². The summed E-state index contributed by atoms with van der Waals surface area (Å²) in [5.41, 5.74) is 8.16. The van der Waals surface area contributed by atoms with Gasteiger partial charge in [-0.25, -0.2) is 0 Å². The molecule has 1 aliphatic rings. The first-order valence-electron chi connectivity index (χ1n) is 7.10. The first-order valence-corrected chi connectivity index (χ1v) is 7.10. The highest BCUT2D eigenvalue weighted by Crippen LogP contribution is 2.17. The lowest BCUT2D eigenvalue weighted by Gasteiger charge is -2.36. The normalized spacial score (nSPS) is 17.2. The van der Waals surface area contributed by atoms with Crippen molar-refractivity contribution in [3.05, 3.63) is 29.8 Å². The molecule has 0 spiro atoms. The van der Waals surface area contributed by atoms with Gasteiger partial charge in [0.1, 0.15) is 0 Å². The number of hydrogen-bond donors (Lipinski definition) is 1. The molecular weight excluding hydrogens is 236 g/mol. The number of likely N-dealkylation sites (N-methyl/N-ethyl adjacent to an activating group) is 1. The van der Waals surface area contributed by atoms with E-state index in [0.717, 1.165) is 32.7 Å². The zero-order chi connectivity index (χ0) is 13.7. The third-order valence-electron chi connectivity index (χ3n) is 3.77. The van der Waals surface area contributed by atoms with Gasteiger partial charge in [-0.3, -0.25) is 4.90 Å². The van der Waals surface area contributed by atoms with Crippen LogP contribution in [-0.2, 0) is 6.54 Å². The summed E-state index contributed by atoms with van der Waals surface area (Å²) in [7, 11) is 4.27. The first kappa shape index (κ1) is 14.3. The molecule has 1 heterocycles. The fourth-order valence-electron chi connectivity index (χ4n) is 2.41. The lowest BCUT2D eigenvalue weighted by atomic mass is 10.2. The van der Waals surface area contributed by atoms with Gasteiger partial charge >= 0.3 is 0 Å². The fourth-order valence-corrected chi connectivity index (χ4v) is 2.41. The second kappa shape index (κ2) is 6.89. The predicted molar refractivity (Wildman–Crippen MR) is 81.5 cm³/mol. The maximum Gasteiger partial charge on any atom is 0.0367 e. The van der Waals surface area contributed by atoms with Crippen molar-refractivity contribution in [2.75, 3.05) is 58.3 Å². The molecule has 1 aliphatic heterocycles. The Morgan fingerprint density at radius 1 is 1.05 bits per heavy atom. The Balaban J connectivity index is 1.81. The number of nitrogens with zero attached hydrogens (tertiary/aromatic N) is 3. The number of hydrogen-bond acceptors (Lipinski definition) is 4. The maximum atomic E-state index is 5.63. The van der Waals surface area contributed by atoms with Gasteiger partial charge in [-0.15, -0.1) is 0 Å². The van der Waals surface area contributed by atoms with Gasteiger partial charge in [0, 0.05) is 51.5 Å². The summed E-state index contributed by atoms with van der Waals surface area (Å²) >= 11 is 0. The number of anilines is 1. The summed E-state index contributed by atoms with van der Waals surface area (Å²) in [5, 5.41) is 0. The van der Waals surface area contributed by atoms with Crippen LogP contribution in [0.3, 0.4) is 0 Å². The topological polar surface area (TPSA) is 35.7 Å². The lowest BCUT2D eigenvalue weighted by molar-refractivity contribution is 0.229. The molecule has 0 aromatic heterocycles. The predicted octanol–water partition coefficient (Wildman–Crippen LogP) is 0.829.